The van der Waals surface area contributed by atoms with Gasteiger partial charge in [0.2, 0.25) is 5.89 Å². The van der Waals surface area contributed by atoms with Gasteiger partial charge in [-0.2, -0.15) is 4.98 Å². The van der Waals surface area contributed by atoms with Crippen LogP contribution in [0.3, 0.4) is 0 Å². The van der Waals surface area contributed by atoms with Crippen molar-refractivity contribution in [2.75, 3.05) is 26.7 Å². The van der Waals surface area contributed by atoms with Gasteiger partial charge < -0.3 is 9.42 Å². The van der Waals surface area contributed by atoms with Crippen molar-refractivity contribution in [1.82, 2.24) is 19.9 Å². The molecule has 0 unspecified atom stereocenters. The van der Waals surface area contributed by atoms with E-state index in [1.807, 2.05) is 11.9 Å². The monoisotopic (exact) mass is 338 g/mol. The fraction of sp³-hybridized carbons (Fsp3) is 0.400. The Morgan fingerprint density at radius 1 is 1.43 bits per heavy atom. The van der Waals surface area contributed by atoms with Crippen LogP contribution in [0.25, 0.3) is 0 Å². The molecular formula is C15H16ClFN4O2. The minimum Gasteiger partial charge on any atom is -0.338 e. The summed E-state index contributed by atoms with van der Waals surface area (Å²) in [4.78, 5) is 20.4. The highest BCUT2D eigenvalue weighted by Gasteiger charge is 2.33. The van der Waals surface area contributed by atoms with Gasteiger partial charge in [-0.05, 0) is 26.1 Å². The van der Waals surface area contributed by atoms with Crippen LogP contribution in [0, 0.1) is 12.7 Å². The first kappa shape index (κ1) is 15.9. The van der Waals surface area contributed by atoms with Crippen molar-refractivity contribution >= 4 is 17.5 Å². The molecule has 2 aromatic rings. The van der Waals surface area contributed by atoms with Crippen molar-refractivity contribution in [2.45, 2.75) is 13.0 Å². The summed E-state index contributed by atoms with van der Waals surface area (Å²) < 4.78 is 19.3. The molecule has 1 atom stereocenters. The summed E-state index contributed by atoms with van der Waals surface area (Å²) in [7, 11) is 1.92. The SMILES string of the molecule is Cc1noc([C@@H]2CN(C(=O)c3cccc(Cl)c3F)CCN2C)n1. The van der Waals surface area contributed by atoms with Crippen LogP contribution >= 0.6 is 11.6 Å². The van der Waals surface area contributed by atoms with Gasteiger partial charge in [0.25, 0.3) is 5.91 Å². The molecule has 0 bridgehead atoms. The minimum absolute atomic E-state index is 0.0255. The van der Waals surface area contributed by atoms with E-state index in [-0.39, 0.29) is 22.5 Å². The molecule has 2 heterocycles. The van der Waals surface area contributed by atoms with Crippen molar-refractivity contribution in [2.24, 2.45) is 0 Å². The Labute approximate surface area is 137 Å². The highest BCUT2D eigenvalue weighted by atomic mass is 35.5. The number of benzene rings is 1. The number of halogens is 2. The predicted octanol–water partition coefficient (Wildman–Crippen LogP) is 2.30. The highest BCUT2D eigenvalue weighted by Crippen LogP contribution is 2.25. The third-order valence-corrected chi connectivity index (χ3v) is 4.24. The largest absolute Gasteiger partial charge is 0.338 e. The maximum absolute atomic E-state index is 14.1. The van der Waals surface area contributed by atoms with E-state index in [1.54, 1.807) is 17.9 Å². The standard InChI is InChI=1S/C15H16ClFN4O2/c1-9-18-14(23-19-9)12-8-21(7-6-20(12)2)15(22)10-4-3-5-11(16)13(10)17/h3-5,12H,6-8H2,1-2H3/t12-/m0/s1. The van der Waals surface area contributed by atoms with Gasteiger partial charge in [-0.1, -0.05) is 22.8 Å². The summed E-state index contributed by atoms with van der Waals surface area (Å²) >= 11 is 5.76. The van der Waals surface area contributed by atoms with Gasteiger partial charge >= 0.3 is 0 Å². The van der Waals surface area contributed by atoms with E-state index >= 15 is 0 Å². The van der Waals surface area contributed by atoms with Crippen LogP contribution in [0.15, 0.2) is 22.7 Å². The number of likely N-dealkylation sites (N-methyl/N-ethyl adjacent to an activating group) is 1. The number of aryl methyl sites for hydroxylation is 1. The van der Waals surface area contributed by atoms with Gasteiger partial charge in [-0.3, -0.25) is 9.69 Å². The van der Waals surface area contributed by atoms with Gasteiger partial charge in [0.05, 0.1) is 10.6 Å². The zero-order valence-electron chi connectivity index (χ0n) is 12.8. The topological polar surface area (TPSA) is 62.5 Å². The molecule has 1 aliphatic rings. The van der Waals surface area contributed by atoms with Gasteiger partial charge in [0, 0.05) is 19.6 Å². The lowest BCUT2D eigenvalue weighted by Crippen LogP contribution is -2.49. The first-order valence-electron chi connectivity index (χ1n) is 7.21. The zero-order valence-corrected chi connectivity index (χ0v) is 13.5. The molecular weight excluding hydrogens is 323 g/mol. The second-order valence-electron chi connectivity index (χ2n) is 5.53. The van der Waals surface area contributed by atoms with Crippen molar-refractivity contribution < 1.29 is 13.7 Å². The summed E-state index contributed by atoms with van der Waals surface area (Å²) in [6, 6.07) is 4.21. The smallest absolute Gasteiger partial charge is 0.256 e. The molecule has 8 heteroatoms. The average molecular weight is 339 g/mol. The van der Waals surface area contributed by atoms with E-state index in [2.05, 4.69) is 10.1 Å². The van der Waals surface area contributed by atoms with E-state index in [9.17, 15) is 9.18 Å². The average Bonchev–Trinajstić information content (AvgIpc) is 2.96. The van der Waals surface area contributed by atoms with Crippen LogP contribution in [0.5, 0.6) is 0 Å². The normalized spacial score (nSPS) is 19.1. The molecule has 0 spiro atoms. The summed E-state index contributed by atoms with van der Waals surface area (Å²) in [6.45, 7) is 3.20. The Balaban J connectivity index is 1.83. The molecule has 1 aromatic carbocycles. The zero-order chi connectivity index (χ0) is 16.6. The Kier molecular flexibility index (Phi) is 4.32. The lowest BCUT2D eigenvalue weighted by Gasteiger charge is -2.37. The lowest BCUT2D eigenvalue weighted by molar-refractivity contribution is 0.0485. The van der Waals surface area contributed by atoms with Gasteiger partial charge in [-0.25, -0.2) is 4.39 Å². The van der Waals surface area contributed by atoms with Gasteiger partial charge in [0.15, 0.2) is 11.6 Å². The maximum atomic E-state index is 14.1. The van der Waals surface area contributed by atoms with E-state index in [1.165, 1.54) is 12.1 Å². The fourth-order valence-corrected chi connectivity index (χ4v) is 2.79. The number of amides is 1. The summed E-state index contributed by atoms with van der Waals surface area (Å²) in [5, 5.41) is 3.73. The first-order valence-corrected chi connectivity index (χ1v) is 7.59. The number of hydrogen-bond donors (Lipinski definition) is 0. The van der Waals surface area contributed by atoms with Gasteiger partial charge in [0.1, 0.15) is 6.04 Å². The quantitative estimate of drug-likeness (QED) is 0.840. The van der Waals surface area contributed by atoms with Gasteiger partial charge in [-0.15, -0.1) is 0 Å². The summed E-state index contributed by atoms with van der Waals surface area (Å²) in [5.41, 5.74) is -0.0255. The third kappa shape index (κ3) is 3.07. The molecule has 0 radical (unpaired) electrons. The Bertz CT molecular complexity index is 736. The van der Waals surface area contributed by atoms with Crippen molar-refractivity contribution in [3.8, 4) is 0 Å². The van der Waals surface area contributed by atoms with Crippen LogP contribution in [-0.2, 0) is 0 Å². The van der Waals surface area contributed by atoms with Crippen molar-refractivity contribution in [3.63, 3.8) is 0 Å². The second-order valence-corrected chi connectivity index (χ2v) is 5.94. The Morgan fingerprint density at radius 3 is 2.91 bits per heavy atom. The highest BCUT2D eigenvalue weighted by molar-refractivity contribution is 6.31. The molecule has 122 valence electrons. The van der Waals surface area contributed by atoms with Crippen LogP contribution in [0.2, 0.25) is 5.02 Å². The molecule has 0 aliphatic carbocycles. The predicted molar refractivity (Wildman–Crippen MR) is 81.7 cm³/mol. The molecule has 3 rings (SSSR count). The molecule has 1 aromatic heterocycles. The molecule has 23 heavy (non-hydrogen) atoms. The maximum Gasteiger partial charge on any atom is 0.256 e. The van der Waals surface area contributed by atoms with Crippen LogP contribution in [0.4, 0.5) is 4.39 Å². The number of aromatic nitrogens is 2. The molecule has 0 N–H and O–H groups in total. The number of piperazine rings is 1. The molecule has 6 nitrogen and oxygen atoms in total. The molecule has 1 aliphatic heterocycles. The van der Waals surface area contributed by atoms with E-state index < -0.39 is 5.82 Å². The van der Waals surface area contributed by atoms with E-state index in [0.29, 0.717) is 31.3 Å². The number of hydrogen-bond acceptors (Lipinski definition) is 5. The fourth-order valence-electron chi connectivity index (χ4n) is 2.61. The van der Waals surface area contributed by atoms with Crippen LogP contribution in [-0.4, -0.2) is 52.5 Å². The number of rotatable bonds is 2. The molecule has 1 fully saturated rings. The molecule has 1 amide bonds. The van der Waals surface area contributed by atoms with Crippen molar-refractivity contribution in [3.05, 3.63) is 46.3 Å². The summed E-state index contributed by atoms with van der Waals surface area (Å²) in [6.07, 6.45) is 0. The Morgan fingerprint density at radius 2 is 2.22 bits per heavy atom. The second kappa shape index (κ2) is 6.25. The number of carbonyl (C=O) groups excluding carboxylic acids is 1. The molecule has 1 saturated heterocycles. The number of carbonyl (C=O) groups is 1. The van der Waals surface area contributed by atoms with E-state index in [0.717, 1.165) is 0 Å². The third-order valence-electron chi connectivity index (χ3n) is 3.95. The van der Waals surface area contributed by atoms with Crippen molar-refractivity contribution in [1.29, 1.82) is 0 Å². The minimum atomic E-state index is -0.691. The van der Waals surface area contributed by atoms with E-state index in [4.69, 9.17) is 16.1 Å². The first-order chi connectivity index (χ1) is 11.0. The Hall–Kier alpha value is -1.99. The molecule has 0 saturated carbocycles. The summed E-state index contributed by atoms with van der Waals surface area (Å²) in [5.74, 6) is -0.0885. The lowest BCUT2D eigenvalue weighted by atomic mass is 10.1. The van der Waals surface area contributed by atoms with Crippen LogP contribution < -0.4 is 0 Å². The van der Waals surface area contributed by atoms with Crippen LogP contribution in [0.1, 0.15) is 28.1 Å². The number of nitrogens with zero attached hydrogens (tertiary/aromatic N) is 4.